The van der Waals surface area contributed by atoms with E-state index >= 15 is 0 Å². The quantitative estimate of drug-likeness (QED) is 0.542. The van der Waals surface area contributed by atoms with Crippen LogP contribution in [0.5, 0.6) is 0 Å². The van der Waals surface area contributed by atoms with Crippen LogP contribution in [0, 0.1) is 0 Å². The van der Waals surface area contributed by atoms with Crippen LogP contribution in [0.2, 0.25) is 15.1 Å². The minimum absolute atomic E-state index is 0.0803. The summed E-state index contributed by atoms with van der Waals surface area (Å²) in [6.07, 6.45) is 0.974. The number of sulfonamides is 1. The molecule has 32 heavy (non-hydrogen) atoms. The average Bonchev–Trinajstić information content (AvgIpc) is 2.71. The first kappa shape index (κ1) is 26.3. The van der Waals surface area contributed by atoms with Crippen molar-refractivity contribution >= 4 is 62.3 Å². The third-order valence-electron chi connectivity index (χ3n) is 4.64. The molecule has 0 saturated heterocycles. The molecule has 0 radical (unpaired) electrons. The van der Waals surface area contributed by atoms with Crippen LogP contribution in [-0.4, -0.2) is 50.5 Å². The van der Waals surface area contributed by atoms with E-state index in [4.69, 9.17) is 34.8 Å². The minimum atomic E-state index is -3.88. The molecule has 2 aromatic carbocycles. The van der Waals surface area contributed by atoms with E-state index in [2.05, 4.69) is 5.32 Å². The normalized spacial score (nSPS) is 12.2. The lowest BCUT2D eigenvalue weighted by Crippen LogP contribution is -2.51. The number of benzene rings is 2. The van der Waals surface area contributed by atoms with Gasteiger partial charge in [-0.05, 0) is 49.7 Å². The van der Waals surface area contributed by atoms with E-state index in [1.165, 1.54) is 23.1 Å². The van der Waals surface area contributed by atoms with Crippen molar-refractivity contribution in [1.82, 2.24) is 10.2 Å². The van der Waals surface area contributed by atoms with Gasteiger partial charge < -0.3 is 10.2 Å². The number of likely N-dealkylation sites (N-methyl/N-ethyl adjacent to an activating group) is 1. The molecule has 0 heterocycles. The molecule has 0 bridgehead atoms. The number of hydrogen-bond acceptors (Lipinski definition) is 4. The molecule has 174 valence electrons. The first-order valence-corrected chi connectivity index (χ1v) is 12.7. The number of rotatable bonds is 9. The Bertz CT molecular complexity index is 1080. The fourth-order valence-electron chi connectivity index (χ4n) is 2.97. The molecule has 11 heteroatoms. The van der Waals surface area contributed by atoms with Gasteiger partial charge in [0.25, 0.3) is 0 Å². The number of halogens is 3. The summed E-state index contributed by atoms with van der Waals surface area (Å²) in [5, 5.41) is 3.62. The molecular weight excluding hydrogens is 497 g/mol. The number of anilines is 1. The lowest BCUT2D eigenvalue weighted by Gasteiger charge is -2.31. The zero-order valence-corrected chi connectivity index (χ0v) is 20.9. The highest BCUT2D eigenvalue weighted by atomic mass is 35.5. The second kappa shape index (κ2) is 11.2. The number of amides is 2. The molecule has 0 aliphatic carbocycles. The zero-order chi connectivity index (χ0) is 24.1. The summed E-state index contributed by atoms with van der Waals surface area (Å²) in [5.41, 5.74) is 0.846. The maximum absolute atomic E-state index is 13.3. The minimum Gasteiger partial charge on any atom is -0.355 e. The van der Waals surface area contributed by atoms with Crippen molar-refractivity contribution in [2.75, 3.05) is 23.7 Å². The maximum atomic E-state index is 13.3. The molecule has 1 atom stereocenters. The van der Waals surface area contributed by atoms with Gasteiger partial charge in [0.05, 0.1) is 17.0 Å². The molecule has 2 aromatic rings. The summed E-state index contributed by atoms with van der Waals surface area (Å²) >= 11 is 18.1. The monoisotopic (exact) mass is 519 g/mol. The molecule has 2 amide bonds. The van der Waals surface area contributed by atoms with Crippen LogP contribution in [-0.2, 0) is 26.2 Å². The Morgan fingerprint density at radius 1 is 1.03 bits per heavy atom. The number of nitrogens with one attached hydrogen (secondary N) is 1. The molecule has 0 aliphatic rings. The van der Waals surface area contributed by atoms with Crippen LogP contribution in [0.25, 0.3) is 0 Å². The molecule has 2 rings (SSSR count). The van der Waals surface area contributed by atoms with Crippen LogP contribution in [0.3, 0.4) is 0 Å². The number of hydrogen-bond donors (Lipinski definition) is 1. The third kappa shape index (κ3) is 7.00. The van der Waals surface area contributed by atoms with Crippen molar-refractivity contribution in [3.63, 3.8) is 0 Å². The van der Waals surface area contributed by atoms with Gasteiger partial charge in [0.1, 0.15) is 12.6 Å². The second-order valence-electron chi connectivity index (χ2n) is 7.08. The predicted octanol–water partition coefficient (Wildman–Crippen LogP) is 3.97. The highest BCUT2D eigenvalue weighted by Gasteiger charge is 2.30. The van der Waals surface area contributed by atoms with Gasteiger partial charge in [0, 0.05) is 23.1 Å². The largest absolute Gasteiger partial charge is 0.355 e. The number of nitrogens with zero attached hydrogens (tertiary/aromatic N) is 2. The van der Waals surface area contributed by atoms with Gasteiger partial charge in [-0.3, -0.25) is 13.9 Å². The van der Waals surface area contributed by atoms with E-state index in [1.807, 2.05) is 0 Å². The molecule has 0 fully saturated rings. The lowest BCUT2D eigenvalue weighted by molar-refractivity contribution is -0.139. The summed E-state index contributed by atoms with van der Waals surface area (Å²) in [6, 6.07) is 10.3. The first-order valence-electron chi connectivity index (χ1n) is 9.68. The molecule has 0 aliphatic heterocycles. The number of carbonyl (C=O) groups excluding carboxylic acids is 2. The first-order chi connectivity index (χ1) is 14.9. The van der Waals surface area contributed by atoms with Gasteiger partial charge in [0.2, 0.25) is 21.8 Å². The van der Waals surface area contributed by atoms with Gasteiger partial charge >= 0.3 is 0 Å². The molecule has 1 unspecified atom stereocenters. The fourth-order valence-corrected chi connectivity index (χ4v) is 4.52. The van der Waals surface area contributed by atoms with Crippen molar-refractivity contribution in [2.24, 2.45) is 0 Å². The molecular formula is C21H24Cl3N3O4S. The van der Waals surface area contributed by atoms with Crippen LogP contribution < -0.4 is 9.62 Å². The van der Waals surface area contributed by atoms with Gasteiger partial charge in [-0.25, -0.2) is 8.42 Å². The standard InChI is InChI=1S/C21H24Cl3N3O4S/c1-4-25-21(29)14(2)26(12-15-5-7-16(22)8-6-15)20(28)13-27(32(3,30)31)19-10-9-17(23)11-18(19)24/h5-11,14H,4,12-13H2,1-3H3,(H,25,29). The van der Waals surface area contributed by atoms with E-state index in [1.54, 1.807) is 38.1 Å². The molecule has 0 spiro atoms. The molecule has 0 saturated carbocycles. The SMILES string of the molecule is CCNC(=O)C(C)N(Cc1ccc(Cl)cc1)C(=O)CN(c1ccc(Cl)cc1Cl)S(C)(=O)=O. The Morgan fingerprint density at radius 2 is 1.62 bits per heavy atom. The maximum Gasteiger partial charge on any atom is 0.244 e. The Morgan fingerprint density at radius 3 is 2.16 bits per heavy atom. The topological polar surface area (TPSA) is 86.8 Å². The summed E-state index contributed by atoms with van der Waals surface area (Å²) in [6.45, 7) is 3.28. The molecule has 0 aromatic heterocycles. The summed E-state index contributed by atoms with van der Waals surface area (Å²) in [4.78, 5) is 27.1. The van der Waals surface area contributed by atoms with Crippen molar-refractivity contribution < 1.29 is 18.0 Å². The van der Waals surface area contributed by atoms with E-state index in [-0.39, 0.29) is 23.2 Å². The second-order valence-corrected chi connectivity index (χ2v) is 10.3. The number of carbonyl (C=O) groups is 2. The van der Waals surface area contributed by atoms with Crippen molar-refractivity contribution in [1.29, 1.82) is 0 Å². The van der Waals surface area contributed by atoms with Crippen LogP contribution >= 0.6 is 34.8 Å². The Kier molecular flexibility index (Phi) is 9.21. The smallest absolute Gasteiger partial charge is 0.244 e. The van der Waals surface area contributed by atoms with E-state index in [0.717, 1.165) is 16.1 Å². The van der Waals surface area contributed by atoms with Crippen molar-refractivity contribution in [3.05, 3.63) is 63.1 Å². The lowest BCUT2D eigenvalue weighted by atomic mass is 10.1. The van der Waals surface area contributed by atoms with Crippen LogP contribution in [0.15, 0.2) is 42.5 Å². The summed E-state index contributed by atoms with van der Waals surface area (Å²) in [7, 11) is -3.88. The Hall–Kier alpha value is -2.00. The van der Waals surface area contributed by atoms with Crippen molar-refractivity contribution in [2.45, 2.75) is 26.4 Å². The van der Waals surface area contributed by atoms with Crippen LogP contribution in [0.4, 0.5) is 5.69 Å². The Labute approximate surface area is 203 Å². The van der Waals surface area contributed by atoms with E-state index in [0.29, 0.717) is 16.6 Å². The zero-order valence-electron chi connectivity index (χ0n) is 17.8. The van der Waals surface area contributed by atoms with Gasteiger partial charge in [-0.1, -0.05) is 46.9 Å². The van der Waals surface area contributed by atoms with E-state index < -0.39 is 28.5 Å². The highest BCUT2D eigenvalue weighted by Crippen LogP contribution is 2.30. The molecule has 7 nitrogen and oxygen atoms in total. The summed E-state index contributed by atoms with van der Waals surface area (Å²) in [5.74, 6) is -0.930. The third-order valence-corrected chi connectivity index (χ3v) is 6.56. The average molecular weight is 521 g/mol. The van der Waals surface area contributed by atoms with Gasteiger partial charge in [0.15, 0.2) is 0 Å². The van der Waals surface area contributed by atoms with Crippen molar-refractivity contribution in [3.8, 4) is 0 Å². The van der Waals surface area contributed by atoms with Crippen LogP contribution in [0.1, 0.15) is 19.4 Å². The van der Waals surface area contributed by atoms with Gasteiger partial charge in [-0.15, -0.1) is 0 Å². The van der Waals surface area contributed by atoms with Gasteiger partial charge in [-0.2, -0.15) is 0 Å². The van der Waals surface area contributed by atoms with E-state index in [9.17, 15) is 18.0 Å². The summed E-state index contributed by atoms with van der Waals surface area (Å²) < 4.78 is 25.9. The molecule has 1 N–H and O–H groups in total. The predicted molar refractivity (Wildman–Crippen MR) is 129 cm³/mol. The highest BCUT2D eigenvalue weighted by molar-refractivity contribution is 7.92. The fraction of sp³-hybridized carbons (Fsp3) is 0.333. The Balaban J connectivity index is 2.40.